The van der Waals surface area contributed by atoms with E-state index in [0.29, 0.717) is 22.7 Å². The van der Waals surface area contributed by atoms with Gasteiger partial charge in [-0.3, -0.25) is 0 Å². The molecule has 1 unspecified atom stereocenters. The first-order valence-corrected chi connectivity index (χ1v) is 12.0. The molecule has 7 nitrogen and oxygen atoms in total. The topological polar surface area (TPSA) is 103 Å². The molecule has 0 saturated carbocycles. The first-order chi connectivity index (χ1) is 15.9. The van der Waals surface area contributed by atoms with Crippen LogP contribution in [0.1, 0.15) is 29.0 Å². The normalized spacial score (nSPS) is 15.9. The van der Waals surface area contributed by atoms with Crippen LogP contribution in [0.15, 0.2) is 88.9 Å². The number of benzene rings is 3. The zero-order chi connectivity index (χ0) is 23.4. The molecule has 0 bridgehead atoms. The van der Waals surface area contributed by atoms with Gasteiger partial charge < -0.3 is 0 Å². The minimum Gasteiger partial charge on any atom is -0.246 e. The third kappa shape index (κ3) is 5.06. The number of nitriles is 1. The van der Waals surface area contributed by atoms with Crippen LogP contribution < -0.4 is 4.72 Å². The molecule has 0 spiro atoms. The van der Waals surface area contributed by atoms with Crippen molar-refractivity contribution >= 4 is 33.4 Å². The van der Waals surface area contributed by atoms with E-state index in [0.717, 1.165) is 16.1 Å². The molecule has 2 amide bonds. The molecule has 33 heavy (non-hydrogen) atoms. The zero-order valence-corrected chi connectivity index (χ0v) is 18.9. The molecule has 9 heteroatoms. The molecule has 1 N–H and O–H groups in total. The summed E-state index contributed by atoms with van der Waals surface area (Å²) in [6, 6.07) is 23.3. The van der Waals surface area contributed by atoms with Crippen molar-refractivity contribution in [1.29, 1.82) is 5.26 Å². The van der Waals surface area contributed by atoms with Gasteiger partial charge in [0.15, 0.2) is 0 Å². The van der Waals surface area contributed by atoms with Gasteiger partial charge in [-0.1, -0.05) is 54.1 Å². The minimum atomic E-state index is -4.12. The van der Waals surface area contributed by atoms with Crippen molar-refractivity contribution in [2.45, 2.75) is 17.2 Å². The lowest BCUT2D eigenvalue weighted by atomic mass is 9.86. The van der Waals surface area contributed by atoms with E-state index in [1.807, 2.05) is 48.5 Å². The average molecular weight is 479 g/mol. The summed E-state index contributed by atoms with van der Waals surface area (Å²) in [5, 5.41) is 15.1. The number of nitrogens with one attached hydrogen (secondary N) is 1. The lowest BCUT2D eigenvalue weighted by Crippen LogP contribution is -2.43. The summed E-state index contributed by atoms with van der Waals surface area (Å²) >= 11 is 6.03. The molecule has 3 aromatic rings. The van der Waals surface area contributed by atoms with Crippen LogP contribution in [0, 0.1) is 11.3 Å². The summed E-state index contributed by atoms with van der Waals surface area (Å²) in [6.07, 6.45) is 0.565. The SMILES string of the molecule is N#Cc1ccc(S(=O)(=O)NC(=O)N2CCC(c3ccccc3)C(c3ccc(Cl)cc3)=N2)cc1. The van der Waals surface area contributed by atoms with Crippen molar-refractivity contribution in [1.82, 2.24) is 9.73 Å². The fraction of sp³-hybridized carbons (Fsp3) is 0.125. The third-order valence-corrected chi connectivity index (χ3v) is 6.87. The summed E-state index contributed by atoms with van der Waals surface area (Å²) in [6.45, 7) is 0.241. The van der Waals surface area contributed by atoms with Crippen LogP contribution in [0.4, 0.5) is 4.79 Å². The van der Waals surface area contributed by atoms with Gasteiger partial charge in [-0.05, 0) is 53.9 Å². The van der Waals surface area contributed by atoms with Gasteiger partial charge in [0.05, 0.1) is 22.2 Å². The number of sulfonamides is 1. The molecule has 0 fully saturated rings. The number of nitrogens with zero attached hydrogens (tertiary/aromatic N) is 3. The maximum absolute atomic E-state index is 12.8. The molecule has 4 rings (SSSR count). The molecule has 166 valence electrons. The predicted molar refractivity (Wildman–Crippen MR) is 125 cm³/mol. The number of carbonyl (C=O) groups excluding carboxylic acids is 1. The molecule has 1 aliphatic heterocycles. The molecule has 1 heterocycles. The number of halogens is 1. The van der Waals surface area contributed by atoms with Crippen LogP contribution in [0.2, 0.25) is 5.02 Å². The summed E-state index contributed by atoms with van der Waals surface area (Å²) in [7, 11) is -4.12. The number of amides is 2. The summed E-state index contributed by atoms with van der Waals surface area (Å²) < 4.78 is 27.4. The Hall–Kier alpha value is -3.67. The third-order valence-electron chi connectivity index (χ3n) is 5.28. The molecular weight excluding hydrogens is 460 g/mol. The molecule has 3 aromatic carbocycles. The van der Waals surface area contributed by atoms with E-state index in [1.165, 1.54) is 24.3 Å². The first-order valence-electron chi connectivity index (χ1n) is 10.1. The Morgan fingerprint density at radius 3 is 2.33 bits per heavy atom. The van der Waals surface area contributed by atoms with E-state index in [2.05, 4.69) is 9.82 Å². The first kappa shape index (κ1) is 22.5. The zero-order valence-electron chi connectivity index (χ0n) is 17.3. The molecule has 0 radical (unpaired) electrons. The summed E-state index contributed by atoms with van der Waals surface area (Å²) in [5.74, 6) is -0.0634. The van der Waals surface area contributed by atoms with E-state index in [4.69, 9.17) is 16.9 Å². The molecule has 0 aromatic heterocycles. The van der Waals surface area contributed by atoms with E-state index >= 15 is 0 Å². The highest BCUT2D eigenvalue weighted by atomic mass is 35.5. The summed E-state index contributed by atoms with van der Waals surface area (Å²) in [4.78, 5) is 12.7. The smallest absolute Gasteiger partial charge is 0.246 e. The number of hydrogen-bond donors (Lipinski definition) is 1. The number of carbonyl (C=O) groups is 1. The predicted octanol–water partition coefficient (Wildman–Crippen LogP) is 4.50. The Labute approximate surface area is 197 Å². The van der Waals surface area contributed by atoms with Crippen molar-refractivity contribution in [3.8, 4) is 6.07 Å². The lowest BCUT2D eigenvalue weighted by molar-refractivity contribution is 0.202. The van der Waals surface area contributed by atoms with Gasteiger partial charge in [0.2, 0.25) is 0 Å². The van der Waals surface area contributed by atoms with Gasteiger partial charge >= 0.3 is 6.03 Å². The van der Waals surface area contributed by atoms with Crippen LogP contribution in [0.3, 0.4) is 0 Å². The largest absolute Gasteiger partial charge is 0.351 e. The summed E-state index contributed by atoms with van der Waals surface area (Å²) in [5.41, 5.74) is 2.81. The molecule has 1 aliphatic rings. The number of hydrogen-bond acceptors (Lipinski definition) is 5. The van der Waals surface area contributed by atoms with Gasteiger partial charge in [0.1, 0.15) is 0 Å². The molecule has 0 aliphatic carbocycles. The van der Waals surface area contributed by atoms with Crippen molar-refractivity contribution in [3.05, 3.63) is 101 Å². The van der Waals surface area contributed by atoms with Crippen LogP contribution in [0.5, 0.6) is 0 Å². The standard InChI is InChI=1S/C24H19ClN4O3S/c25-20-10-8-19(9-11-20)23-22(18-4-2-1-3-5-18)14-15-29(27-23)24(30)28-33(31,32)21-12-6-17(16-26)7-13-21/h1-13,22H,14-15H2,(H,28,30). The highest BCUT2D eigenvalue weighted by Crippen LogP contribution is 2.30. The van der Waals surface area contributed by atoms with Crippen LogP contribution in [0.25, 0.3) is 0 Å². The van der Waals surface area contributed by atoms with Crippen molar-refractivity contribution in [3.63, 3.8) is 0 Å². The van der Waals surface area contributed by atoms with Gasteiger partial charge in [-0.2, -0.15) is 10.4 Å². The van der Waals surface area contributed by atoms with Crippen LogP contribution >= 0.6 is 11.6 Å². The minimum absolute atomic E-state index is 0.0634. The average Bonchev–Trinajstić information content (AvgIpc) is 2.84. The van der Waals surface area contributed by atoms with Crippen LogP contribution in [-0.2, 0) is 10.0 Å². The Bertz CT molecular complexity index is 1330. The van der Waals surface area contributed by atoms with Gasteiger partial charge in [-0.25, -0.2) is 22.9 Å². The Kier molecular flexibility index (Phi) is 6.45. The second-order valence-electron chi connectivity index (χ2n) is 7.41. The van der Waals surface area contributed by atoms with E-state index in [-0.39, 0.29) is 17.4 Å². The maximum atomic E-state index is 12.8. The van der Waals surface area contributed by atoms with E-state index in [1.54, 1.807) is 12.1 Å². The maximum Gasteiger partial charge on any atom is 0.351 e. The fourth-order valence-electron chi connectivity index (χ4n) is 3.61. The highest BCUT2D eigenvalue weighted by molar-refractivity contribution is 7.90. The molecule has 0 saturated heterocycles. The number of urea groups is 1. The van der Waals surface area contributed by atoms with Crippen LogP contribution in [-0.4, -0.2) is 31.7 Å². The quantitative estimate of drug-likeness (QED) is 0.596. The lowest BCUT2D eigenvalue weighted by Gasteiger charge is -2.30. The van der Waals surface area contributed by atoms with Gasteiger partial charge in [0.25, 0.3) is 10.0 Å². The fourth-order valence-corrected chi connectivity index (χ4v) is 4.68. The van der Waals surface area contributed by atoms with Crippen molar-refractivity contribution < 1.29 is 13.2 Å². The van der Waals surface area contributed by atoms with E-state index in [9.17, 15) is 13.2 Å². The van der Waals surface area contributed by atoms with Crippen molar-refractivity contribution in [2.24, 2.45) is 5.10 Å². The Morgan fingerprint density at radius 2 is 1.70 bits per heavy atom. The van der Waals surface area contributed by atoms with Gasteiger partial charge in [-0.15, -0.1) is 0 Å². The monoisotopic (exact) mass is 478 g/mol. The van der Waals surface area contributed by atoms with Gasteiger partial charge in [0, 0.05) is 17.5 Å². The van der Waals surface area contributed by atoms with Crippen molar-refractivity contribution in [2.75, 3.05) is 6.54 Å². The van der Waals surface area contributed by atoms with E-state index < -0.39 is 16.1 Å². The number of hydrazone groups is 1. The second kappa shape index (κ2) is 9.45. The Morgan fingerprint density at radius 1 is 1.03 bits per heavy atom. The molecular formula is C24H19ClN4O3S. The highest BCUT2D eigenvalue weighted by Gasteiger charge is 2.30. The second-order valence-corrected chi connectivity index (χ2v) is 9.53. The number of rotatable bonds is 4. The molecule has 1 atom stereocenters. The Balaban J connectivity index is 1.63.